The molecule has 98 valence electrons. The molecule has 2 rings (SSSR count). The van der Waals surface area contributed by atoms with Gasteiger partial charge in [0, 0.05) is 11.1 Å². The SMILES string of the molecule is CC(CO)NC(=O)C1(c2cccc(Cl)c2)CCC1. The first kappa shape index (κ1) is 13.4. The number of carbonyl (C=O) groups excluding carboxylic acids is 1. The van der Waals surface area contributed by atoms with Gasteiger partial charge in [-0.15, -0.1) is 0 Å². The second-order valence-electron chi connectivity index (χ2n) is 5.00. The van der Waals surface area contributed by atoms with Crippen LogP contribution in [0.15, 0.2) is 24.3 Å². The molecule has 1 aliphatic carbocycles. The number of rotatable bonds is 4. The molecule has 3 nitrogen and oxygen atoms in total. The molecule has 4 heteroatoms. The zero-order chi connectivity index (χ0) is 13.2. The van der Waals surface area contributed by atoms with Crippen LogP contribution in [-0.4, -0.2) is 23.7 Å². The van der Waals surface area contributed by atoms with Gasteiger partial charge in [0.15, 0.2) is 0 Å². The predicted octanol–water partition coefficient (Wildman–Crippen LogP) is 2.26. The first-order chi connectivity index (χ1) is 8.58. The van der Waals surface area contributed by atoms with Gasteiger partial charge in [0.25, 0.3) is 0 Å². The fourth-order valence-electron chi connectivity index (χ4n) is 2.37. The summed E-state index contributed by atoms with van der Waals surface area (Å²) >= 11 is 6.00. The van der Waals surface area contributed by atoms with Crippen molar-refractivity contribution in [3.05, 3.63) is 34.9 Å². The van der Waals surface area contributed by atoms with Crippen LogP contribution in [0.5, 0.6) is 0 Å². The number of amides is 1. The van der Waals surface area contributed by atoms with E-state index in [0.29, 0.717) is 5.02 Å². The van der Waals surface area contributed by atoms with Crippen LogP contribution in [0.3, 0.4) is 0 Å². The number of carbonyl (C=O) groups is 1. The van der Waals surface area contributed by atoms with Gasteiger partial charge in [-0.05, 0) is 37.5 Å². The van der Waals surface area contributed by atoms with E-state index in [4.69, 9.17) is 16.7 Å². The van der Waals surface area contributed by atoms with Crippen LogP contribution in [0.1, 0.15) is 31.7 Å². The zero-order valence-corrected chi connectivity index (χ0v) is 11.2. The van der Waals surface area contributed by atoms with Crippen molar-refractivity contribution in [2.45, 2.75) is 37.6 Å². The summed E-state index contributed by atoms with van der Waals surface area (Å²) in [6.45, 7) is 1.75. The van der Waals surface area contributed by atoms with E-state index in [-0.39, 0.29) is 18.6 Å². The first-order valence-corrected chi connectivity index (χ1v) is 6.64. The Hall–Kier alpha value is -1.06. The van der Waals surface area contributed by atoms with E-state index in [1.807, 2.05) is 24.3 Å². The van der Waals surface area contributed by atoms with E-state index in [0.717, 1.165) is 24.8 Å². The zero-order valence-electron chi connectivity index (χ0n) is 10.4. The molecule has 1 aliphatic rings. The smallest absolute Gasteiger partial charge is 0.230 e. The molecular weight excluding hydrogens is 250 g/mol. The highest BCUT2D eigenvalue weighted by atomic mass is 35.5. The van der Waals surface area contributed by atoms with Gasteiger partial charge in [0.05, 0.1) is 12.0 Å². The predicted molar refractivity (Wildman–Crippen MR) is 71.7 cm³/mol. The number of hydrogen-bond donors (Lipinski definition) is 2. The topological polar surface area (TPSA) is 49.3 Å². The second-order valence-corrected chi connectivity index (χ2v) is 5.44. The normalized spacial score (nSPS) is 18.8. The van der Waals surface area contributed by atoms with Crippen molar-refractivity contribution in [1.82, 2.24) is 5.32 Å². The monoisotopic (exact) mass is 267 g/mol. The molecule has 0 aromatic heterocycles. The van der Waals surface area contributed by atoms with E-state index in [1.165, 1.54) is 0 Å². The van der Waals surface area contributed by atoms with E-state index >= 15 is 0 Å². The average molecular weight is 268 g/mol. The molecule has 0 saturated heterocycles. The minimum Gasteiger partial charge on any atom is -0.394 e. The van der Waals surface area contributed by atoms with Gasteiger partial charge in [-0.25, -0.2) is 0 Å². The van der Waals surface area contributed by atoms with Crippen molar-refractivity contribution in [2.24, 2.45) is 0 Å². The van der Waals surface area contributed by atoms with Gasteiger partial charge in [0.1, 0.15) is 0 Å². The lowest BCUT2D eigenvalue weighted by atomic mass is 9.63. The number of aliphatic hydroxyl groups excluding tert-OH is 1. The van der Waals surface area contributed by atoms with Crippen molar-refractivity contribution in [3.63, 3.8) is 0 Å². The summed E-state index contributed by atoms with van der Waals surface area (Å²) < 4.78 is 0. The molecule has 1 unspecified atom stereocenters. The number of benzene rings is 1. The van der Waals surface area contributed by atoms with Gasteiger partial charge in [0.2, 0.25) is 5.91 Å². The summed E-state index contributed by atoms with van der Waals surface area (Å²) in [4.78, 5) is 12.4. The van der Waals surface area contributed by atoms with Crippen molar-refractivity contribution >= 4 is 17.5 Å². The lowest BCUT2D eigenvalue weighted by Crippen LogP contribution is -2.52. The van der Waals surface area contributed by atoms with Gasteiger partial charge in [-0.1, -0.05) is 30.2 Å². The molecule has 18 heavy (non-hydrogen) atoms. The number of halogens is 1. The number of aliphatic hydroxyl groups is 1. The number of hydrogen-bond acceptors (Lipinski definition) is 2. The van der Waals surface area contributed by atoms with Crippen LogP contribution in [-0.2, 0) is 10.2 Å². The summed E-state index contributed by atoms with van der Waals surface area (Å²) in [5.41, 5.74) is 0.526. The molecular formula is C14H18ClNO2. The highest BCUT2D eigenvalue weighted by Gasteiger charge is 2.45. The Kier molecular flexibility index (Phi) is 3.93. The van der Waals surface area contributed by atoms with Crippen molar-refractivity contribution in [1.29, 1.82) is 0 Å². The maximum absolute atomic E-state index is 12.4. The highest BCUT2D eigenvalue weighted by Crippen LogP contribution is 2.44. The molecule has 1 amide bonds. The van der Waals surface area contributed by atoms with Crippen LogP contribution in [0, 0.1) is 0 Å². The summed E-state index contributed by atoms with van der Waals surface area (Å²) in [6.07, 6.45) is 2.74. The van der Waals surface area contributed by atoms with E-state index in [9.17, 15) is 4.79 Å². The maximum atomic E-state index is 12.4. The largest absolute Gasteiger partial charge is 0.394 e. The molecule has 0 spiro atoms. The molecule has 0 bridgehead atoms. The summed E-state index contributed by atoms with van der Waals surface area (Å²) in [5.74, 6) is -0.00225. The lowest BCUT2D eigenvalue weighted by molar-refractivity contribution is -0.130. The highest BCUT2D eigenvalue weighted by molar-refractivity contribution is 6.30. The fourth-order valence-corrected chi connectivity index (χ4v) is 2.56. The molecule has 0 aliphatic heterocycles. The summed E-state index contributed by atoms with van der Waals surface area (Å²) in [7, 11) is 0. The van der Waals surface area contributed by atoms with E-state index in [1.54, 1.807) is 6.92 Å². The Bertz CT molecular complexity index is 443. The molecule has 0 radical (unpaired) electrons. The molecule has 1 aromatic rings. The maximum Gasteiger partial charge on any atom is 0.230 e. The van der Waals surface area contributed by atoms with E-state index < -0.39 is 5.41 Å². The van der Waals surface area contributed by atoms with Gasteiger partial charge in [-0.2, -0.15) is 0 Å². The third kappa shape index (κ3) is 2.38. The van der Waals surface area contributed by atoms with Gasteiger partial charge in [-0.3, -0.25) is 4.79 Å². The van der Waals surface area contributed by atoms with Crippen molar-refractivity contribution < 1.29 is 9.90 Å². The number of nitrogens with one attached hydrogen (secondary N) is 1. The van der Waals surface area contributed by atoms with Crippen LogP contribution in [0.25, 0.3) is 0 Å². The molecule has 0 heterocycles. The third-order valence-corrected chi connectivity index (χ3v) is 3.91. The molecule has 1 fully saturated rings. The van der Waals surface area contributed by atoms with Crippen molar-refractivity contribution in [2.75, 3.05) is 6.61 Å². The quantitative estimate of drug-likeness (QED) is 0.879. The standard InChI is InChI=1S/C14H18ClNO2/c1-10(9-17)16-13(18)14(6-3-7-14)11-4-2-5-12(15)8-11/h2,4-5,8,10,17H,3,6-7,9H2,1H3,(H,16,18). The van der Waals surface area contributed by atoms with Crippen LogP contribution in [0.2, 0.25) is 5.02 Å². The minimum atomic E-state index is -0.450. The van der Waals surface area contributed by atoms with Crippen molar-refractivity contribution in [3.8, 4) is 0 Å². The fraction of sp³-hybridized carbons (Fsp3) is 0.500. The average Bonchev–Trinajstić information content (AvgIpc) is 2.27. The van der Waals surface area contributed by atoms with Crippen LogP contribution >= 0.6 is 11.6 Å². The molecule has 1 aromatic carbocycles. The molecule has 2 N–H and O–H groups in total. The summed E-state index contributed by atoms with van der Waals surface area (Å²) in [6, 6.07) is 7.29. The Morgan fingerprint density at radius 1 is 1.56 bits per heavy atom. The van der Waals surface area contributed by atoms with Crippen LogP contribution in [0.4, 0.5) is 0 Å². The molecule has 1 atom stereocenters. The van der Waals surface area contributed by atoms with Gasteiger partial charge >= 0.3 is 0 Å². The Morgan fingerprint density at radius 2 is 2.28 bits per heavy atom. The van der Waals surface area contributed by atoms with Crippen LogP contribution < -0.4 is 5.32 Å². The Balaban J connectivity index is 2.23. The Labute approximate surface area is 112 Å². The molecule has 1 saturated carbocycles. The first-order valence-electron chi connectivity index (χ1n) is 6.26. The van der Waals surface area contributed by atoms with E-state index in [2.05, 4.69) is 5.32 Å². The Morgan fingerprint density at radius 3 is 2.78 bits per heavy atom. The second kappa shape index (κ2) is 5.29. The van der Waals surface area contributed by atoms with Gasteiger partial charge < -0.3 is 10.4 Å². The minimum absolute atomic E-state index is 0.00225. The summed E-state index contributed by atoms with van der Waals surface area (Å²) in [5, 5.41) is 12.5. The lowest BCUT2D eigenvalue weighted by Gasteiger charge is -2.41. The third-order valence-electron chi connectivity index (χ3n) is 3.67.